The Hall–Kier alpha value is -1.95. The molecule has 0 saturated carbocycles. The van der Waals surface area contributed by atoms with Gasteiger partial charge in [-0.25, -0.2) is 9.50 Å². The fraction of sp³-hybridized carbons (Fsp3) is 0.650. The molecule has 0 aromatic carbocycles. The molecule has 1 aliphatic heterocycles. The van der Waals surface area contributed by atoms with Gasteiger partial charge in [-0.15, -0.1) is 0 Å². The second-order valence-electron chi connectivity index (χ2n) is 8.57. The van der Waals surface area contributed by atoms with E-state index in [1.165, 1.54) is 12.8 Å². The summed E-state index contributed by atoms with van der Waals surface area (Å²) in [7, 11) is 0. The quantitative estimate of drug-likeness (QED) is 0.894. The summed E-state index contributed by atoms with van der Waals surface area (Å²) in [6, 6.07) is 2.01. The number of carbonyl (C=O) groups is 1. The van der Waals surface area contributed by atoms with Crippen LogP contribution < -0.4 is 5.32 Å². The average Bonchev–Trinajstić information content (AvgIpc) is 3.21. The molecule has 0 spiro atoms. The van der Waals surface area contributed by atoms with Crippen molar-refractivity contribution >= 4 is 11.6 Å². The molecular formula is C20H31N5O. The fourth-order valence-corrected chi connectivity index (χ4v) is 3.48. The summed E-state index contributed by atoms with van der Waals surface area (Å²) >= 11 is 0. The Morgan fingerprint density at radius 2 is 1.96 bits per heavy atom. The molecule has 3 rings (SSSR count). The molecule has 0 bridgehead atoms. The number of aromatic nitrogens is 3. The Morgan fingerprint density at radius 3 is 2.58 bits per heavy atom. The molecule has 6 heteroatoms. The third-order valence-corrected chi connectivity index (χ3v) is 4.99. The Balaban J connectivity index is 1.84. The molecule has 0 radical (unpaired) electrons. The van der Waals surface area contributed by atoms with Crippen LogP contribution in [0.1, 0.15) is 75.1 Å². The zero-order chi connectivity index (χ0) is 18.9. The van der Waals surface area contributed by atoms with Crippen LogP contribution in [0.15, 0.2) is 12.3 Å². The highest BCUT2D eigenvalue weighted by Gasteiger charge is 2.23. The summed E-state index contributed by atoms with van der Waals surface area (Å²) in [6.07, 6.45) is 4.23. The number of likely N-dealkylation sites (tertiary alicyclic amines) is 1. The van der Waals surface area contributed by atoms with Gasteiger partial charge >= 0.3 is 0 Å². The maximum atomic E-state index is 12.8. The van der Waals surface area contributed by atoms with Crippen LogP contribution in [0.5, 0.6) is 0 Å². The van der Waals surface area contributed by atoms with Crippen molar-refractivity contribution in [2.24, 2.45) is 0 Å². The third kappa shape index (κ3) is 3.90. The highest BCUT2D eigenvalue weighted by atomic mass is 16.1. The van der Waals surface area contributed by atoms with Gasteiger partial charge in [0.15, 0.2) is 5.65 Å². The van der Waals surface area contributed by atoms with Gasteiger partial charge < -0.3 is 10.2 Å². The molecule has 0 aliphatic carbocycles. The predicted octanol–water partition coefficient (Wildman–Crippen LogP) is 2.98. The first kappa shape index (κ1) is 18.8. The van der Waals surface area contributed by atoms with E-state index in [1.807, 2.05) is 10.6 Å². The number of hydrogen-bond donors (Lipinski definition) is 1. The van der Waals surface area contributed by atoms with Gasteiger partial charge in [-0.1, -0.05) is 34.6 Å². The fourth-order valence-electron chi connectivity index (χ4n) is 3.48. The zero-order valence-corrected chi connectivity index (χ0v) is 16.7. The van der Waals surface area contributed by atoms with Crippen LogP contribution in [0.4, 0.5) is 0 Å². The van der Waals surface area contributed by atoms with Crippen LogP contribution in [0.25, 0.3) is 5.65 Å². The number of fused-ring (bicyclic) bond motifs is 1. The normalized spacial score (nSPS) is 15.9. The second-order valence-corrected chi connectivity index (χ2v) is 8.57. The van der Waals surface area contributed by atoms with E-state index in [-0.39, 0.29) is 17.2 Å². The minimum Gasteiger partial charge on any atom is -0.351 e. The van der Waals surface area contributed by atoms with Gasteiger partial charge in [0.25, 0.3) is 5.91 Å². The van der Waals surface area contributed by atoms with Crippen LogP contribution in [-0.2, 0) is 5.41 Å². The lowest BCUT2D eigenvalue weighted by Gasteiger charge is -2.17. The lowest BCUT2D eigenvalue weighted by Crippen LogP contribution is -2.34. The summed E-state index contributed by atoms with van der Waals surface area (Å²) in [5, 5.41) is 7.82. The summed E-state index contributed by atoms with van der Waals surface area (Å²) < 4.78 is 1.85. The van der Waals surface area contributed by atoms with Crippen LogP contribution in [0, 0.1) is 0 Å². The Morgan fingerprint density at radius 1 is 1.27 bits per heavy atom. The molecular weight excluding hydrogens is 326 g/mol. The Bertz CT molecular complexity index is 781. The van der Waals surface area contributed by atoms with Crippen molar-refractivity contribution < 1.29 is 4.79 Å². The maximum Gasteiger partial charge on any atom is 0.254 e. The predicted molar refractivity (Wildman–Crippen MR) is 104 cm³/mol. The molecule has 6 nitrogen and oxygen atoms in total. The van der Waals surface area contributed by atoms with Gasteiger partial charge in [-0.2, -0.15) is 5.10 Å². The third-order valence-electron chi connectivity index (χ3n) is 4.99. The van der Waals surface area contributed by atoms with E-state index in [0.717, 1.165) is 36.7 Å². The number of amides is 1. The van der Waals surface area contributed by atoms with Crippen molar-refractivity contribution in [1.82, 2.24) is 24.8 Å². The van der Waals surface area contributed by atoms with Crippen LogP contribution >= 0.6 is 0 Å². The monoisotopic (exact) mass is 357 g/mol. The summed E-state index contributed by atoms with van der Waals surface area (Å²) in [5.74, 6) is 0.114. The highest BCUT2D eigenvalue weighted by Crippen LogP contribution is 2.25. The molecule has 1 N–H and O–H groups in total. The number of hydrogen-bond acceptors (Lipinski definition) is 4. The Kier molecular flexibility index (Phi) is 5.32. The first-order valence-corrected chi connectivity index (χ1v) is 9.67. The van der Waals surface area contributed by atoms with Gasteiger partial charge in [0.05, 0.1) is 17.0 Å². The topological polar surface area (TPSA) is 62.5 Å². The van der Waals surface area contributed by atoms with Gasteiger partial charge in [0.1, 0.15) is 0 Å². The van der Waals surface area contributed by atoms with Crippen LogP contribution in [-0.4, -0.2) is 51.6 Å². The minimum atomic E-state index is -0.0601. The van der Waals surface area contributed by atoms with Gasteiger partial charge in [0.2, 0.25) is 0 Å². The van der Waals surface area contributed by atoms with Gasteiger partial charge in [-0.05, 0) is 31.8 Å². The number of rotatable bonds is 5. The molecule has 26 heavy (non-hydrogen) atoms. The van der Waals surface area contributed by atoms with Crippen molar-refractivity contribution in [1.29, 1.82) is 0 Å². The van der Waals surface area contributed by atoms with Crippen molar-refractivity contribution in [3.05, 3.63) is 29.2 Å². The number of nitrogens with zero attached hydrogens (tertiary/aromatic N) is 4. The van der Waals surface area contributed by atoms with E-state index in [4.69, 9.17) is 5.10 Å². The maximum absolute atomic E-state index is 12.8. The lowest BCUT2D eigenvalue weighted by atomic mass is 9.93. The molecule has 2 aromatic rings. The van der Waals surface area contributed by atoms with E-state index in [9.17, 15) is 4.79 Å². The molecule has 1 aliphatic rings. The molecule has 1 saturated heterocycles. The summed E-state index contributed by atoms with van der Waals surface area (Å²) in [5.41, 5.74) is 3.27. The van der Waals surface area contributed by atoms with E-state index >= 15 is 0 Å². The van der Waals surface area contributed by atoms with E-state index in [1.54, 1.807) is 6.20 Å². The van der Waals surface area contributed by atoms with Crippen LogP contribution in [0.3, 0.4) is 0 Å². The summed E-state index contributed by atoms with van der Waals surface area (Å²) in [4.78, 5) is 19.7. The molecule has 1 fully saturated rings. The first-order chi connectivity index (χ1) is 12.3. The Labute approximate surface area is 156 Å². The molecule has 0 unspecified atom stereocenters. The second kappa shape index (κ2) is 7.35. The van der Waals surface area contributed by atoms with Crippen molar-refractivity contribution in [3.63, 3.8) is 0 Å². The smallest absolute Gasteiger partial charge is 0.254 e. The molecule has 2 aromatic heterocycles. The molecule has 3 heterocycles. The standard InChI is InChI=1S/C20H31N5O/c1-14(2)18-15(19(26)21-8-11-24-9-6-7-10-24)13-22-17-12-16(20(3,4)5)23-25(17)18/h12-14H,6-11H2,1-5H3,(H,21,26). The van der Waals surface area contributed by atoms with Gasteiger partial charge in [0, 0.05) is 30.8 Å². The molecule has 142 valence electrons. The van der Waals surface area contributed by atoms with Crippen molar-refractivity contribution in [2.45, 2.75) is 58.8 Å². The SMILES string of the molecule is CC(C)c1c(C(=O)NCCN2CCCC2)cnc2cc(C(C)(C)C)nn12. The van der Waals surface area contributed by atoms with Crippen molar-refractivity contribution in [3.8, 4) is 0 Å². The number of nitrogens with one attached hydrogen (secondary N) is 1. The van der Waals surface area contributed by atoms with Crippen molar-refractivity contribution in [2.75, 3.05) is 26.2 Å². The minimum absolute atomic E-state index is 0.0555. The average molecular weight is 358 g/mol. The largest absolute Gasteiger partial charge is 0.351 e. The zero-order valence-electron chi connectivity index (χ0n) is 16.7. The van der Waals surface area contributed by atoms with E-state index < -0.39 is 0 Å². The molecule has 0 atom stereocenters. The number of carbonyl (C=O) groups excluding carboxylic acids is 1. The first-order valence-electron chi connectivity index (χ1n) is 9.67. The lowest BCUT2D eigenvalue weighted by molar-refractivity contribution is 0.0947. The van der Waals surface area contributed by atoms with Crippen LogP contribution in [0.2, 0.25) is 0 Å². The summed E-state index contributed by atoms with van der Waals surface area (Å²) in [6.45, 7) is 14.5. The van der Waals surface area contributed by atoms with Gasteiger partial charge in [-0.3, -0.25) is 4.79 Å². The van der Waals surface area contributed by atoms with E-state index in [2.05, 4.69) is 49.8 Å². The molecule has 1 amide bonds. The van der Waals surface area contributed by atoms with E-state index in [0.29, 0.717) is 12.1 Å². The highest BCUT2D eigenvalue weighted by molar-refractivity contribution is 5.95.